The molecule has 0 saturated carbocycles. The lowest BCUT2D eigenvalue weighted by Crippen LogP contribution is -2.60. The molecule has 0 unspecified atom stereocenters. The lowest BCUT2D eigenvalue weighted by molar-refractivity contribution is -0.145. The highest BCUT2D eigenvalue weighted by atomic mass is 16.4. The fourth-order valence-electron chi connectivity index (χ4n) is 4.34. The van der Waals surface area contributed by atoms with Crippen LogP contribution in [0.2, 0.25) is 0 Å². The maximum atomic E-state index is 13.6. The second-order valence-electron chi connectivity index (χ2n) is 13.0. The van der Waals surface area contributed by atoms with E-state index in [1.807, 2.05) is 13.8 Å². The highest BCUT2D eigenvalue weighted by Crippen LogP contribution is 2.11. The molecule has 0 aliphatic heterocycles. The molecule has 0 aliphatic carbocycles. The number of amides is 5. The number of hydrogen-bond acceptors (Lipinski definition) is 9. The highest BCUT2D eigenvalue weighted by Gasteiger charge is 2.33. The summed E-state index contributed by atoms with van der Waals surface area (Å²) in [6.45, 7) is 13.6. The Morgan fingerprint density at radius 1 is 0.660 bits per heavy atom. The van der Waals surface area contributed by atoms with Crippen LogP contribution in [0.25, 0.3) is 0 Å². The summed E-state index contributed by atoms with van der Waals surface area (Å²) in [4.78, 5) is 81.0. The summed E-state index contributed by atoms with van der Waals surface area (Å²) in [5, 5.41) is 31.9. The molecule has 5 amide bonds. The van der Waals surface area contributed by atoms with Gasteiger partial charge in [-0.15, -0.1) is 0 Å². The summed E-state index contributed by atoms with van der Waals surface area (Å²) in [5.41, 5.74) is 16.7. The molecule has 17 nitrogen and oxygen atoms in total. The van der Waals surface area contributed by atoms with E-state index in [9.17, 15) is 39.0 Å². The van der Waals surface area contributed by atoms with Gasteiger partial charge in [0.25, 0.3) is 0 Å². The van der Waals surface area contributed by atoms with Crippen molar-refractivity contribution >= 4 is 41.5 Å². The molecule has 270 valence electrons. The molecule has 0 radical (unpaired) electrons. The summed E-state index contributed by atoms with van der Waals surface area (Å²) in [5.74, 6) is -5.38. The number of carboxylic acids is 1. The second-order valence-corrected chi connectivity index (χ2v) is 13.0. The Morgan fingerprint density at radius 2 is 1.11 bits per heavy atom. The number of aliphatic hydroxyl groups excluding tert-OH is 1. The number of carbonyl (C=O) groups excluding carboxylic acids is 5. The first kappa shape index (κ1) is 43.0. The molecule has 0 aromatic carbocycles. The Bertz CT molecular complexity index is 1090. The molecule has 0 spiro atoms. The van der Waals surface area contributed by atoms with Gasteiger partial charge in [0, 0.05) is 6.54 Å². The number of hydrogen-bond donors (Lipinski definition) is 10. The molecule has 0 saturated heterocycles. The minimum Gasteiger partial charge on any atom is -0.480 e. The van der Waals surface area contributed by atoms with E-state index >= 15 is 0 Å². The van der Waals surface area contributed by atoms with E-state index in [0.29, 0.717) is 0 Å². The molecule has 0 heterocycles. The predicted molar refractivity (Wildman–Crippen MR) is 176 cm³/mol. The first-order valence-corrected chi connectivity index (χ1v) is 15.9. The number of guanidine groups is 1. The van der Waals surface area contributed by atoms with Crippen LogP contribution in [-0.2, 0) is 28.8 Å². The Hall–Kier alpha value is -3.99. The summed E-state index contributed by atoms with van der Waals surface area (Å²) in [7, 11) is 0. The summed E-state index contributed by atoms with van der Waals surface area (Å²) >= 11 is 0. The zero-order valence-electron chi connectivity index (χ0n) is 28.8. The van der Waals surface area contributed by atoms with Gasteiger partial charge in [0.1, 0.15) is 24.2 Å². The first-order chi connectivity index (χ1) is 21.7. The highest BCUT2D eigenvalue weighted by molar-refractivity contribution is 5.96. The number of nitrogens with one attached hydrogen (secondary N) is 5. The SMILES string of the molecule is CC(C)C[C@H](NC(=O)[C@H](CCCN=C(N)N)NC(=O)[C@H](C)NC(=O)[C@@H](N)C(C)C)C(=O)N[C@@H](CC(C)C)C(=O)N[C@H](C(=O)O)[C@@H](C)O. The van der Waals surface area contributed by atoms with Gasteiger partial charge in [-0.3, -0.25) is 29.0 Å². The normalized spacial score (nSPS) is 15.8. The van der Waals surface area contributed by atoms with E-state index in [-0.39, 0.29) is 55.9 Å². The zero-order valence-corrected chi connectivity index (χ0v) is 28.8. The van der Waals surface area contributed by atoms with Gasteiger partial charge >= 0.3 is 5.97 Å². The average Bonchev–Trinajstić information content (AvgIpc) is 2.94. The first-order valence-electron chi connectivity index (χ1n) is 15.9. The molecule has 0 rings (SSSR count). The smallest absolute Gasteiger partial charge is 0.328 e. The molecule has 13 N–H and O–H groups in total. The Balaban J connectivity index is 6.06. The van der Waals surface area contributed by atoms with Crippen molar-refractivity contribution in [2.45, 2.75) is 123 Å². The van der Waals surface area contributed by atoms with Gasteiger partial charge in [0.15, 0.2) is 12.0 Å². The van der Waals surface area contributed by atoms with Gasteiger partial charge in [-0.05, 0) is 57.3 Å². The summed E-state index contributed by atoms with van der Waals surface area (Å²) < 4.78 is 0. The molecule has 7 atom stereocenters. The maximum absolute atomic E-state index is 13.6. The molecule has 0 aromatic rings. The third-order valence-electron chi connectivity index (χ3n) is 7.08. The van der Waals surface area contributed by atoms with Crippen molar-refractivity contribution in [2.75, 3.05) is 6.54 Å². The molecule has 0 aromatic heterocycles. The third-order valence-corrected chi connectivity index (χ3v) is 7.08. The monoisotopic (exact) mass is 671 g/mol. The van der Waals surface area contributed by atoms with Gasteiger partial charge in [0.05, 0.1) is 12.1 Å². The molecule has 0 bridgehead atoms. The van der Waals surface area contributed by atoms with E-state index in [1.165, 1.54) is 13.8 Å². The van der Waals surface area contributed by atoms with E-state index in [2.05, 4.69) is 31.6 Å². The summed E-state index contributed by atoms with van der Waals surface area (Å²) in [6.07, 6.45) is -0.750. The van der Waals surface area contributed by atoms with Crippen LogP contribution in [0.4, 0.5) is 0 Å². The van der Waals surface area contributed by atoms with Crippen LogP contribution in [0.3, 0.4) is 0 Å². The Kier molecular flexibility index (Phi) is 19.2. The summed E-state index contributed by atoms with van der Waals surface area (Å²) in [6, 6.07) is -6.96. The maximum Gasteiger partial charge on any atom is 0.328 e. The largest absolute Gasteiger partial charge is 0.480 e. The van der Waals surface area contributed by atoms with Crippen LogP contribution in [0.5, 0.6) is 0 Å². The minimum atomic E-state index is -1.60. The van der Waals surface area contributed by atoms with Crippen molar-refractivity contribution in [3.8, 4) is 0 Å². The molecule has 0 aliphatic rings. The van der Waals surface area contributed by atoms with E-state index in [0.717, 1.165) is 0 Å². The van der Waals surface area contributed by atoms with E-state index in [4.69, 9.17) is 17.2 Å². The van der Waals surface area contributed by atoms with Crippen molar-refractivity contribution < 1.29 is 39.0 Å². The van der Waals surface area contributed by atoms with E-state index in [1.54, 1.807) is 27.7 Å². The van der Waals surface area contributed by atoms with Crippen molar-refractivity contribution in [3.63, 3.8) is 0 Å². The Labute approximate surface area is 277 Å². The number of nitrogens with two attached hydrogens (primary N) is 3. The van der Waals surface area contributed by atoms with Crippen molar-refractivity contribution in [1.29, 1.82) is 0 Å². The van der Waals surface area contributed by atoms with Crippen LogP contribution in [0, 0.1) is 17.8 Å². The van der Waals surface area contributed by atoms with Gasteiger partial charge in [-0.25, -0.2) is 4.79 Å². The number of aliphatic hydroxyl groups is 1. The van der Waals surface area contributed by atoms with Crippen LogP contribution >= 0.6 is 0 Å². The second kappa shape index (κ2) is 21.0. The van der Waals surface area contributed by atoms with Crippen molar-refractivity contribution in [2.24, 2.45) is 39.9 Å². The van der Waals surface area contributed by atoms with Gasteiger partial charge in [-0.1, -0.05) is 41.5 Å². The number of aliphatic imine (C=N–C) groups is 1. The van der Waals surface area contributed by atoms with E-state index < -0.39 is 77.9 Å². The van der Waals surface area contributed by atoms with Crippen LogP contribution in [0.1, 0.15) is 81.1 Å². The Morgan fingerprint density at radius 3 is 1.51 bits per heavy atom. The van der Waals surface area contributed by atoms with Gasteiger partial charge in [-0.2, -0.15) is 0 Å². The minimum absolute atomic E-state index is 0.0743. The lowest BCUT2D eigenvalue weighted by Gasteiger charge is -2.28. The average molecular weight is 672 g/mol. The number of nitrogens with zero attached hydrogens (tertiary/aromatic N) is 1. The van der Waals surface area contributed by atoms with Crippen molar-refractivity contribution in [1.82, 2.24) is 26.6 Å². The number of aliphatic carboxylic acids is 1. The molecular weight excluding hydrogens is 614 g/mol. The van der Waals surface area contributed by atoms with Crippen molar-refractivity contribution in [3.05, 3.63) is 0 Å². The molecule has 47 heavy (non-hydrogen) atoms. The number of carboxylic acid groups (broad SMARTS) is 1. The molecule has 0 fully saturated rings. The fraction of sp³-hybridized carbons (Fsp3) is 0.767. The zero-order chi connectivity index (χ0) is 36.6. The quantitative estimate of drug-likeness (QED) is 0.0362. The number of carbonyl (C=O) groups is 6. The predicted octanol–water partition coefficient (Wildman–Crippen LogP) is -1.98. The van der Waals surface area contributed by atoms with Gasteiger partial charge < -0.3 is 54.0 Å². The molecular formula is C30H57N9O8. The standard InChI is InChI=1S/C30H57N9O8/c1-14(2)12-20(26(43)38-21(13-15(3)4)27(44)39-23(18(8)40)29(46)47)37-25(42)19(10-9-11-34-30(32)33)36-24(41)17(7)35-28(45)22(31)16(5)6/h14-23,40H,9-13,31H2,1-8H3,(H,35,45)(H,36,41)(H,37,42)(H,38,43)(H,39,44)(H,46,47)(H4,32,33,34)/t17-,18+,19-,20-,21-,22-,23-/m0/s1. The van der Waals surface area contributed by atoms with Crippen LogP contribution in [0.15, 0.2) is 4.99 Å². The number of rotatable bonds is 21. The topological polar surface area (TPSA) is 293 Å². The van der Waals surface area contributed by atoms with Crippen LogP contribution < -0.4 is 43.8 Å². The van der Waals surface area contributed by atoms with Crippen LogP contribution in [-0.4, -0.2) is 101 Å². The fourth-order valence-corrected chi connectivity index (χ4v) is 4.34. The lowest BCUT2D eigenvalue weighted by atomic mass is 9.99. The van der Waals surface area contributed by atoms with Gasteiger partial charge in [0.2, 0.25) is 29.5 Å². The molecule has 17 heteroatoms. The third kappa shape index (κ3) is 16.9.